The molecule has 1 atom stereocenters. The SMILES string of the molecule is CC(=O)C1(Cc2ccccc2)CC(=O)NC1=O. The number of Topliss-reactive ketones (excluding diaryl/α,β-unsaturated/α-hetero) is 1. The van der Waals surface area contributed by atoms with E-state index in [0.717, 1.165) is 5.56 Å². The second kappa shape index (κ2) is 4.13. The van der Waals surface area contributed by atoms with Crippen molar-refractivity contribution in [2.24, 2.45) is 5.41 Å². The van der Waals surface area contributed by atoms with Gasteiger partial charge >= 0.3 is 0 Å². The fourth-order valence-electron chi connectivity index (χ4n) is 2.14. The highest BCUT2D eigenvalue weighted by Gasteiger charge is 2.50. The Morgan fingerprint density at radius 2 is 1.94 bits per heavy atom. The van der Waals surface area contributed by atoms with Crippen LogP contribution in [0, 0.1) is 5.41 Å². The monoisotopic (exact) mass is 231 g/mol. The minimum absolute atomic E-state index is 0.0456. The third-order valence-corrected chi connectivity index (χ3v) is 3.17. The van der Waals surface area contributed by atoms with Crippen molar-refractivity contribution < 1.29 is 14.4 Å². The van der Waals surface area contributed by atoms with Crippen LogP contribution in [0.2, 0.25) is 0 Å². The highest BCUT2D eigenvalue weighted by molar-refractivity contribution is 6.17. The van der Waals surface area contributed by atoms with Gasteiger partial charge in [-0.1, -0.05) is 30.3 Å². The summed E-state index contributed by atoms with van der Waals surface area (Å²) in [6.07, 6.45) is 0.233. The van der Waals surface area contributed by atoms with Crippen LogP contribution in [0.1, 0.15) is 18.9 Å². The fourth-order valence-corrected chi connectivity index (χ4v) is 2.14. The molecule has 1 saturated heterocycles. The first-order chi connectivity index (χ1) is 8.04. The molecule has 0 spiro atoms. The first-order valence-electron chi connectivity index (χ1n) is 5.44. The minimum atomic E-state index is -1.21. The van der Waals surface area contributed by atoms with Gasteiger partial charge in [0.2, 0.25) is 11.8 Å². The van der Waals surface area contributed by atoms with Gasteiger partial charge in [-0.3, -0.25) is 19.7 Å². The van der Waals surface area contributed by atoms with Gasteiger partial charge in [0.1, 0.15) is 11.2 Å². The fraction of sp³-hybridized carbons (Fsp3) is 0.308. The van der Waals surface area contributed by atoms with Crippen LogP contribution in [-0.2, 0) is 20.8 Å². The highest BCUT2D eigenvalue weighted by Crippen LogP contribution is 2.32. The number of hydrogen-bond donors (Lipinski definition) is 1. The van der Waals surface area contributed by atoms with E-state index < -0.39 is 11.3 Å². The number of rotatable bonds is 3. The standard InChI is InChI=1S/C13H13NO3/c1-9(15)13(8-11(16)14-12(13)17)7-10-5-3-2-4-6-10/h2-6H,7-8H2,1H3,(H,14,16,17). The molecule has 0 aromatic heterocycles. The van der Waals surface area contributed by atoms with Crippen molar-refractivity contribution >= 4 is 17.6 Å². The summed E-state index contributed by atoms with van der Waals surface area (Å²) in [5, 5.41) is 2.21. The lowest BCUT2D eigenvalue weighted by molar-refractivity contribution is -0.138. The molecule has 0 saturated carbocycles. The van der Waals surface area contributed by atoms with Crippen LogP contribution >= 0.6 is 0 Å². The summed E-state index contributed by atoms with van der Waals surface area (Å²) >= 11 is 0. The zero-order chi connectivity index (χ0) is 12.5. The van der Waals surface area contributed by atoms with Crippen molar-refractivity contribution in [1.29, 1.82) is 0 Å². The smallest absolute Gasteiger partial charge is 0.241 e. The molecule has 1 unspecified atom stereocenters. The highest BCUT2D eigenvalue weighted by atomic mass is 16.2. The van der Waals surface area contributed by atoms with E-state index in [4.69, 9.17) is 0 Å². The third kappa shape index (κ3) is 1.98. The molecule has 88 valence electrons. The van der Waals surface area contributed by atoms with Crippen molar-refractivity contribution in [3.63, 3.8) is 0 Å². The molecule has 0 bridgehead atoms. The third-order valence-electron chi connectivity index (χ3n) is 3.17. The van der Waals surface area contributed by atoms with Gasteiger partial charge in [0.25, 0.3) is 0 Å². The zero-order valence-electron chi connectivity index (χ0n) is 9.53. The Balaban J connectivity index is 2.34. The molecule has 4 heteroatoms. The largest absolute Gasteiger partial charge is 0.299 e. The summed E-state index contributed by atoms with van der Waals surface area (Å²) in [5.74, 6) is -1.11. The number of ketones is 1. The average Bonchev–Trinajstić information content (AvgIpc) is 2.56. The normalized spacial score (nSPS) is 23.6. The van der Waals surface area contributed by atoms with Crippen LogP contribution in [0.15, 0.2) is 30.3 Å². The van der Waals surface area contributed by atoms with Crippen molar-refractivity contribution in [3.05, 3.63) is 35.9 Å². The van der Waals surface area contributed by atoms with Crippen molar-refractivity contribution in [3.8, 4) is 0 Å². The number of carbonyl (C=O) groups excluding carboxylic acids is 3. The maximum atomic E-state index is 11.8. The van der Waals surface area contributed by atoms with Gasteiger partial charge in [-0.2, -0.15) is 0 Å². The van der Waals surface area contributed by atoms with Crippen LogP contribution in [0.25, 0.3) is 0 Å². The number of carbonyl (C=O) groups is 3. The van der Waals surface area contributed by atoms with Gasteiger partial charge in [-0.05, 0) is 18.9 Å². The van der Waals surface area contributed by atoms with Crippen LogP contribution in [0.3, 0.4) is 0 Å². The van der Waals surface area contributed by atoms with Crippen LogP contribution in [-0.4, -0.2) is 17.6 Å². The second-order valence-electron chi connectivity index (χ2n) is 4.35. The van der Waals surface area contributed by atoms with Gasteiger partial charge in [0, 0.05) is 6.42 Å². The van der Waals surface area contributed by atoms with E-state index in [-0.39, 0.29) is 24.5 Å². The second-order valence-corrected chi connectivity index (χ2v) is 4.35. The van der Waals surface area contributed by atoms with Crippen molar-refractivity contribution in [2.75, 3.05) is 0 Å². The Hall–Kier alpha value is -1.97. The maximum absolute atomic E-state index is 11.8. The summed E-state index contributed by atoms with van der Waals surface area (Å²) < 4.78 is 0. The molecule has 1 fully saturated rings. The Kier molecular flexibility index (Phi) is 2.79. The van der Waals surface area contributed by atoms with Gasteiger partial charge in [0.15, 0.2) is 0 Å². The predicted molar refractivity (Wildman–Crippen MR) is 61.0 cm³/mol. The van der Waals surface area contributed by atoms with E-state index >= 15 is 0 Å². The molecule has 17 heavy (non-hydrogen) atoms. The molecule has 1 aliphatic rings. The Morgan fingerprint density at radius 1 is 1.29 bits per heavy atom. The molecule has 1 aromatic carbocycles. The van der Waals surface area contributed by atoms with Gasteiger partial charge in [-0.25, -0.2) is 0 Å². The number of amides is 2. The Labute approximate surface area is 99.0 Å². The molecule has 1 aromatic rings. The predicted octanol–water partition coefficient (Wildman–Crippen LogP) is 0.851. The average molecular weight is 231 g/mol. The van der Waals surface area contributed by atoms with E-state index in [2.05, 4.69) is 5.32 Å². The molecule has 1 heterocycles. The van der Waals surface area contributed by atoms with E-state index in [1.807, 2.05) is 30.3 Å². The van der Waals surface area contributed by atoms with E-state index in [9.17, 15) is 14.4 Å². The lowest BCUT2D eigenvalue weighted by atomic mass is 9.77. The molecule has 0 radical (unpaired) electrons. The van der Waals surface area contributed by atoms with Gasteiger partial charge in [-0.15, -0.1) is 0 Å². The van der Waals surface area contributed by atoms with Crippen molar-refractivity contribution in [2.45, 2.75) is 19.8 Å². The lowest BCUT2D eigenvalue weighted by Gasteiger charge is -2.21. The molecule has 1 N–H and O–H groups in total. The Bertz CT molecular complexity index is 481. The summed E-state index contributed by atoms with van der Waals surface area (Å²) in [6.45, 7) is 1.36. The number of hydrogen-bond acceptors (Lipinski definition) is 3. The summed E-state index contributed by atoms with van der Waals surface area (Å²) in [7, 11) is 0. The maximum Gasteiger partial charge on any atom is 0.241 e. The molecule has 2 rings (SSSR count). The first-order valence-corrected chi connectivity index (χ1v) is 5.44. The topological polar surface area (TPSA) is 63.2 Å². The molecule has 0 aliphatic carbocycles. The molecule has 1 aliphatic heterocycles. The summed E-state index contributed by atoms with van der Waals surface area (Å²) in [6, 6.07) is 9.25. The number of benzene rings is 1. The van der Waals surface area contributed by atoms with Crippen LogP contribution in [0.5, 0.6) is 0 Å². The number of nitrogens with one attached hydrogen (secondary N) is 1. The quantitative estimate of drug-likeness (QED) is 0.619. The first kappa shape index (κ1) is 11.5. The van der Waals surface area contributed by atoms with Gasteiger partial charge in [0.05, 0.1) is 0 Å². The Morgan fingerprint density at radius 3 is 2.41 bits per heavy atom. The summed E-state index contributed by atoms with van der Waals surface area (Å²) in [5.41, 5.74) is -0.328. The zero-order valence-corrected chi connectivity index (χ0v) is 9.53. The molecule has 4 nitrogen and oxygen atoms in total. The van der Waals surface area contributed by atoms with Crippen molar-refractivity contribution in [1.82, 2.24) is 5.32 Å². The lowest BCUT2D eigenvalue weighted by Crippen LogP contribution is -2.39. The number of imide groups is 1. The molecular weight excluding hydrogens is 218 g/mol. The minimum Gasteiger partial charge on any atom is -0.299 e. The molecule has 2 amide bonds. The van der Waals surface area contributed by atoms with Gasteiger partial charge < -0.3 is 0 Å². The van der Waals surface area contributed by atoms with Crippen LogP contribution < -0.4 is 5.32 Å². The van der Waals surface area contributed by atoms with E-state index in [1.165, 1.54) is 6.92 Å². The van der Waals surface area contributed by atoms with E-state index in [0.29, 0.717) is 0 Å². The van der Waals surface area contributed by atoms with E-state index in [1.54, 1.807) is 0 Å². The molecular formula is C13H13NO3. The summed E-state index contributed by atoms with van der Waals surface area (Å²) in [4.78, 5) is 34.8. The van der Waals surface area contributed by atoms with Crippen LogP contribution in [0.4, 0.5) is 0 Å².